The van der Waals surface area contributed by atoms with Gasteiger partial charge in [-0.1, -0.05) is 0 Å². The van der Waals surface area contributed by atoms with Gasteiger partial charge in [0.1, 0.15) is 0 Å². The van der Waals surface area contributed by atoms with E-state index in [1.807, 2.05) is 6.07 Å². The molecule has 0 saturated carbocycles. The van der Waals surface area contributed by atoms with E-state index in [-0.39, 0.29) is 25.2 Å². The first-order valence-corrected chi connectivity index (χ1v) is 8.48. The molecule has 0 spiro atoms. The maximum Gasteiger partial charge on any atom is 0.363 e. The summed E-state index contributed by atoms with van der Waals surface area (Å²) in [5.74, 6) is 2.20. The minimum absolute atomic E-state index is 0.169. The first-order chi connectivity index (χ1) is 12.7. The SMILES string of the molecule is O=C1OC(c2ccc3c(c2)OCO3)=NC1=Cc1cc(Br)c2c(c1)OCO2. The Hall–Kier alpha value is -3.00. The van der Waals surface area contributed by atoms with E-state index in [0.29, 0.717) is 28.6 Å². The van der Waals surface area contributed by atoms with Crippen molar-refractivity contribution in [2.75, 3.05) is 13.6 Å². The van der Waals surface area contributed by atoms with Crippen LogP contribution < -0.4 is 18.9 Å². The number of nitrogens with zero attached hydrogens (tertiary/aromatic N) is 1. The summed E-state index contributed by atoms with van der Waals surface area (Å²) in [6.45, 7) is 0.345. The smallest absolute Gasteiger partial charge is 0.363 e. The van der Waals surface area contributed by atoms with Crippen LogP contribution in [0.4, 0.5) is 0 Å². The summed E-state index contributed by atoms with van der Waals surface area (Å²) in [6, 6.07) is 8.85. The Bertz CT molecular complexity index is 1010. The van der Waals surface area contributed by atoms with Gasteiger partial charge in [-0.25, -0.2) is 9.79 Å². The lowest BCUT2D eigenvalue weighted by molar-refractivity contribution is -0.129. The monoisotopic (exact) mass is 415 g/mol. The average molecular weight is 416 g/mol. The molecule has 0 bridgehead atoms. The molecular weight excluding hydrogens is 406 g/mol. The molecule has 0 aliphatic carbocycles. The van der Waals surface area contributed by atoms with Crippen molar-refractivity contribution in [2.24, 2.45) is 4.99 Å². The molecule has 0 unspecified atom stereocenters. The minimum atomic E-state index is -0.522. The number of benzene rings is 2. The van der Waals surface area contributed by atoms with Crippen molar-refractivity contribution < 1.29 is 28.5 Å². The van der Waals surface area contributed by atoms with Crippen LogP contribution in [0.5, 0.6) is 23.0 Å². The lowest BCUT2D eigenvalue weighted by Gasteiger charge is -2.01. The first kappa shape index (κ1) is 15.3. The first-order valence-electron chi connectivity index (χ1n) is 7.69. The lowest BCUT2D eigenvalue weighted by Crippen LogP contribution is -2.05. The Labute approximate surface area is 155 Å². The molecule has 0 saturated heterocycles. The van der Waals surface area contributed by atoms with Gasteiger partial charge in [-0.2, -0.15) is 0 Å². The van der Waals surface area contributed by atoms with Gasteiger partial charge in [-0.15, -0.1) is 0 Å². The predicted octanol–water partition coefficient (Wildman–Crippen LogP) is 3.25. The van der Waals surface area contributed by atoms with Crippen LogP contribution in [0.25, 0.3) is 6.08 Å². The van der Waals surface area contributed by atoms with E-state index >= 15 is 0 Å². The molecule has 2 aromatic carbocycles. The number of hydrogen-bond donors (Lipinski definition) is 0. The maximum atomic E-state index is 12.2. The van der Waals surface area contributed by atoms with E-state index in [4.69, 9.17) is 23.7 Å². The van der Waals surface area contributed by atoms with Crippen molar-refractivity contribution in [3.05, 3.63) is 51.6 Å². The van der Waals surface area contributed by atoms with Gasteiger partial charge in [0.2, 0.25) is 19.5 Å². The zero-order valence-electron chi connectivity index (χ0n) is 13.2. The topological polar surface area (TPSA) is 75.6 Å². The molecule has 0 aromatic heterocycles. The molecule has 130 valence electrons. The summed E-state index contributed by atoms with van der Waals surface area (Å²) in [7, 11) is 0. The summed E-state index contributed by atoms with van der Waals surface area (Å²) >= 11 is 3.43. The van der Waals surface area contributed by atoms with Gasteiger partial charge in [-0.3, -0.25) is 0 Å². The Morgan fingerprint density at radius 1 is 0.962 bits per heavy atom. The van der Waals surface area contributed by atoms with E-state index in [9.17, 15) is 4.79 Å². The van der Waals surface area contributed by atoms with Crippen LogP contribution in [-0.2, 0) is 9.53 Å². The Kier molecular flexibility index (Phi) is 3.39. The highest BCUT2D eigenvalue weighted by Gasteiger charge is 2.26. The lowest BCUT2D eigenvalue weighted by atomic mass is 10.1. The standard InChI is InChI=1S/C18H10BrNO6/c19-11-3-9(5-15-16(11)25-8-24-15)4-12-18(21)26-17(20-12)10-1-2-13-14(6-10)23-7-22-13/h1-6H,7-8H2. The van der Waals surface area contributed by atoms with Gasteiger partial charge in [0.25, 0.3) is 0 Å². The molecule has 3 aliphatic rings. The van der Waals surface area contributed by atoms with Gasteiger partial charge in [-0.05, 0) is 57.9 Å². The average Bonchev–Trinajstić information content (AvgIpc) is 3.34. The van der Waals surface area contributed by atoms with Crippen LogP contribution >= 0.6 is 15.9 Å². The van der Waals surface area contributed by atoms with E-state index in [1.165, 1.54) is 0 Å². The molecule has 3 aliphatic heterocycles. The van der Waals surface area contributed by atoms with Crippen molar-refractivity contribution in [3.63, 3.8) is 0 Å². The van der Waals surface area contributed by atoms with Crippen LogP contribution in [-0.4, -0.2) is 25.5 Å². The van der Waals surface area contributed by atoms with Crippen molar-refractivity contribution in [2.45, 2.75) is 0 Å². The molecular formula is C18H10BrNO6. The third kappa shape index (κ3) is 2.50. The summed E-state index contributed by atoms with van der Waals surface area (Å²) in [5.41, 5.74) is 1.57. The molecule has 8 heteroatoms. The second kappa shape index (κ2) is 5.77. The van der Waals surface area contributed by atoms with Crippen LogP contribution in [0, 0.1) is 0 Å². The molecule has 0 fully saturated rings. The largest absolute Gasteiger partial charge is 0.454 e. The van der Waals surface area contributed by atoms with Crippen LogP contribution in [0.1, 0.15) is 11.1 Å². The Morgan fingerprint density at radius 3 is 2.69 bits per heavy atom. The normalized spacial score (nSPS) is 18.3. The maximum absolute atomic E-state index is 12.2. The molecule has 3 heterocycles. The minimum Gasteiger partial charge on any atom is -0.454 e. The fourth-order valence-corrected chi connectivity index (χ4v) is 3.36. The zero-order valence-corrected chi connectivity index (χ0v) is 14.7. The predicted molar refractivity (Wildman–Crippen MR) is 93.4 cm³/mol. The third-order valence-electron chi connectivity index (χ3n) is 3.99. The summed E-state index contributed by atoms with van der Waals surface area (Å²) in [4.78, 5) is 16.5. The number of fused-ring (bicyclic) bond motifs is 2. The number of halogens is 1. The highest BCUT2D eigenvalue weighted by molar-refractivity contribution is 9.10. The van der Waals surface area contributed by atoms with Gasteiger partial charge in [0.05, 0.1) is 4.47 Å². The van der Waals surface area contributed by atoms with Gasteiger partial charge in [0, 0.05) is 5.56 Å². The van der Waals surface area contributed by atoms with Crippen molar-refractivity contribution in [1.29, 1.82) is 0 Å². The highest BCUT2D eigenvalue weighted by Crippen LogP contribution is 2.40. The summed E-state index contributed by atoms with van der Waals surface area (Å²) < 4.78 is 27.4. The van der Waals surface area contributed by atoms with Gasteiger partial charge < -0.3 is 23.7 Å². The van der Waals surface area contributed by atoms with Crippen molar-refractivity contribution in [1.82, 2.24) is 0 Å². The van der Waals surface area contributed by atoms with Crippen LogP contribution in [0.2, 0.25) is 0 Å². The molecule has 0 N–H and O–H groups in total. The van der Waals surface area contributed by atoms with E-state index in [1.54, 1.807) is 30.3 Å². The van der Waals surface area contributed by atoms with Gasteiger partial charge >= 0.3 is 5.97 Å². The number of esters is 1. The summed E-state index contributed by atoms with van der Waals surface area (Å²) in [5, 5.41) is 0. The number of rotatable bonds is 2. The Balaban J connectivity index is 1.49. The third-order valence-corrected chi connectivity index (χ3v) is 4.58. The number of ether oxygens (including phenoxy) is 5. The van der Waals surface area contributed by atoms with Crippen molar-refractivity contribution >= 4 is 33.9 Å². The molecule has 0 atom stereocenters. The number of carbonyl (C=O) groups excluding carboxylic acids is 1. The number of cyclic esters (lactones) is 1. The summed E-state index contributed by atoms with van der Waals surface area (Å²) in [6.07, 6.45) is 1.63. The van der Waals surface area contributed by atoms with Crippen LogP contribution in [0.15, 0.2) is 45.5 Å². The zero-order chi connectivity index (χ0) is 17.7. The van der Waals surface area contributed by atoms with Crippen molar-refractivity contribution in [3.8, 4) is 23.0 Å². The quantitative estimate of drug-likeness (QED) is 0.553. The second-order valence-corrected chi connectivity index (χ2v) is 6.49. The van der Waals surface area contributed by atoms with E-state index < -0.39 is 5.97 Å². The Morgan fingerprint density at radius 2 is 1.77 bits per heavy atom. The number of carbonyl (C=O) groups is 1. The van der Waals surface area contributed by atoms with E-state index in [0.717, 1.165) is 10.0 Å². The molecule has 2 aromatic rings. The van der Waals surface area contributed by atoms with Crippen LogP contribution in [0.3, 0.4) is 0 Å². The molecule has 0 radical (unpaired) electrons. The highest BCUT2D eigenvalue weighted by atomic mass is 79.9. The molecule has 7 nitrogen and oxygen atoms in total. The molecule has 0 amide bonds. The molecule has 5 rings (SSSR count). The molecule has 26 heavy (non-hydrogen) atoms. The number of hydrogen-bond acceptors (Lipinski definition) is 7. The number of aliphatic imine (C=N–C) groups is 1. The fraction of sp³-hybridized carbons (Fsp3) is 0.111. The van der Waals surface area contributed by atoms with E-state index in [2.05, 4.69) is 20.9 Å². The second-order valence-electron chi connectivity index (χ2n) is 5.64. The fourth-order valence-electron chi connectivity index (χ4n) is 2.79. The van der Waals surface area contributed by atoms with Gasteiger partial charge in [0.15, 0.2) is 28.7 Å².